The second-order valence-electron chi connectivity index (χ2n) is 11.4. The fourth-order valence-electron chi connectivity index (χ4n) is 6.01. The lowest BCUT2D eigenvalue weighted by molar-refractivity contribution is -0.154. The maximum Gasteiger partial charge on any atom is 0.311 e. The van der Waals surface area contributed by atoms with Crippen LogP contribution in [0.1, 0.15) is 89.7 Å². The maximum atomic E-state index is 13.0. The average Bonchev–Trinajstić information content (AvgIpc) is 3.14. The van der Waals surface area contributed by atoms with E-state index in [0.29, 0.717) is 13.1 Å². The van der Waals surface area contributed by atoms with Crippen LogP contribution in [0.15, 0.2) is 0 Å². The first kappa shape index (κ1) is 26.1. The van der Waals surface area contributed by atoms with Gasteiger partial charge in [0, 0.05) is 29.8 Å². The number of fused-ring (bicyclic) bond motifs is 2. The van der Waals surface area contributed by atoms with Gasteiger partial charge in [-0.3, -0.25) is 9.59 Å². The third-order valence-electron chi connectivity index (χ3n) is 8.01. The molecular weight excluding hydrogens is 436 g/mol. The van der Waals surface area contributed by atoms with E-state index in [1.165, 1.54) is 4.88 Å². The minimum atomic E-state index is -0.537. The highest BCUT2D eigenvalue weighted by atomic mass is 32.1. The first-order valence-corrected chi connectivity index (χ1v) is 13.3. The molecule has 0 radical (unpaired) electrons. The standard InChI is InChI=1S/C26H42N2O4S/c1-9-28(10-2)23(30)15(3)17-11-12-26(8)13-18-21(16(4)20(26)22(17)29)27-19(33-18)14-32-24(31)25(5,6)7/h15-17,20,22,29H,9-14H2,1-8H3. The molecule has 2 aliphatic rings. The van der Waals surface area contributed by atoms with Gasteiger partial charge in [0.25, 0.3) is 0 Å². The lowest BCUT2D eigenvalue weighted by Gasteiger charge is -2.53. The van der Waals surface area contributed by atoms with E-state index in [-0.39, 0.29) is 47.6 Å². The zero-order valence-corrected chi connectivity index (χ0v) is 22.4. The van der Waals surface area contributed by atoms with Crippen molar-refractivity contribution in [1.29, 1.82) is 0 Å². The molecule has 1 saturated carbocycles. The molecule has 6 atom stereocenters. The predicted molar refractivity (Wildman–Crippen MR) is 131 cm³/mol. The van der Waals surface area contributed by atoms with Crippen LogP contribution in [0.25, 0.3) is 0 Å². The number of esters is 1. The molecule has 0 bridgehead atoms. The van der Waals surface area contributed by atoms with Gasteiger partial charge in [-0.15, -0.1) is 11.3 Å². The average molecular weight is 479 g/mol. The minimum absolute atomic E-state index is 0.0216. The number of hydrogen-bond acceptors (Lipinski definition) is 6. The fraction of sp³-hybridized carbons (Fsp3) is 0.808. The summed E-state index contributed by atoms with van der Waals surface area (Å²) in [7, 11) is 0. The van der Waals surface area contributed by atoms with Crippen molar-refractivity contribution < 1.29 is 19.4 Å². The van der Waals surface area contributed by atoms with Crippen LogP contribution in [-0.2, 0) is 27.4 Å². The number of aliphatic hydroxyl groups is 1. The number of carbonyl (C=O) groups excluding carboxylic acids is 2. The Kier molecular flexibility index (Phi) is 7.64. The van der Waals surface area contributed by atoms with Crippen molar-refractivity contribution in [2.45, 2.75) is 93.3 Å². The van der Waals surface area contributed by atoms with Crippen LogP contribution in [0.5, 0.6) is 0 Å². The van der Waals surface area contributed by atoms with Gasteiger partial charge in [0.2, 0.25) is 5.91 Å². The van der Waals surface area contributed by atoms with Gasteiger partial charge in [0.15, 0.2) is 0 Å². The normalized spacial score (nSPS) is 30.2. The SMILES string of the molecule is CCN(CC)C(=O)C(C)C1CCC2(C)Cc3sc(COC(=O)C(C)(C)C)nc3C(C)C2C1O. The first-order valence-electron chi connectivity index (χ1n) is 12.5. The maximum absolute atomic E-state index is 13.0. The van der Waals surface area contributed by atoms with Crippen LogP contribution >= 0.6 is 11.3 Å². The molecule has 1 heterocycles. The Balaban J connectivity index is 1.80. The molecule has 1 N–H and O–H groups in total. The lowest BCUT2D eigenvalue weighted by Crippen LogP contribution is -2.53. The molecule has 0 aromatic carbocycles. The lowest BCUT2D eigenvalue weighted by atomic mass is 9.53. The molecule has 0 aliphatic heterocycles. The van der Waals surface area contributed by atoms with Gasteiger partial charge in [0.1, 0.15) is 11.6 Å². The number of amides is 1. The number of thiazole rings is 1. The van der Waals surface area contributed by atoms with Gasteiger partial charge in [-0.25, -0.2) is 4.98 Å². The van der Waals surface area contributed by atoms with Crippen molar-refractivity contribution in [1.82, 2.24) is 9.88 Å². The van der Waals surface area contributed by atoms with E-state index in [0.717, 1.165) is 30.0 Å². The summed E-state index contributed by atoms with van der Waals surface area (Å²) in [4.78, 5) is 33.2. The number of nitrogens with zero attached hydrogens (tertiary/aromatic N) is 2. The number of ether oxygens (including phenoxy) is 1. The minimum Gasteiger partial charge on any atom is -0.458 e. The van der Waals surface area contributed by atoms with E-state index in [1.54, 1.807) is 11.3 Å². The van der Waals surface area contributed by atoms with Crippen molar-refractivity contribution in [2.24, 2.45) is 28.6 Å². The zero-order valence-electron chi connectivity index (χ0n) is 21.6. The van der Waals surface area contributed by atoms with Gasteiger partial charge >= 0.3 is 5.97 Å². The Hall–Kier alpha value is -1.47. The molecule has 6 nitrogen and oxygen atoms in total. The molecule has 1 aromatic rings. The molecule has 1 aromatic heterocycles. The molecule has 6 unspecified atom stereocenters. The highest BCUT2D eigenvalue weighted by Crippen LogP contribution is 2.57. The topological polar surface area (TPSA) is 79.7 Å². The van der Waals surface area contributed by atoms with E-state index in [4.69, 9.17) is 9.72 Å². The summed E-state index contributed by atoms with van der Waals surface area (Å²) in [5, 5.41) is 12.4. The van der Waals surface area contributed by atoms with Crippen LogP contribution in [-0.4, -0.2) is 46.1 Å². The van der Waals surface area contributed by atoms with E-state index in [1.807, 2.05) is 46.4 Å². The molecule has 2 aliphatic carbocycles. The van der Waals surface area contributed by atoms with E-state index < -0.39 is 11.5 Å². The largest absolute Gasteiger partial charge is 0.458 e. The molecular formula is C26H42N2O4S. The predicted octanol–water partition coefficient (Wildman–Crippen LogP) is 4.79. The Bertz CT molecular complexity index is 872. The summed E-state index contributed by atoms with van der Waals surface area (Å²) in [6, 6.07) is 0. The van der Waals surface area contributed by atoms with Crippen LogP contribution in [0.2, 0.25) is 0 Å². The summed E-state index contributed by atoms with van der Waals surface area (Å²) < 4.78 is 5.51. The third-order valence-corrected chi connectivity index (χ3v) is 9.06. The second-order valence-corrected chi connectivity index (χ2v) is 12.5. The molecule has 1 fully saturated rings. The monoisotopic (exact) mass is 478 g/mol. The molecule has 0 spiro atoms. The molecule has 3 rings (SSSR count). The number of aromatic nitrogens is 1. The Morgan fingerprint density at radius 1 is 1.30 bits per heavy atom. The number of carbonyl (C=O) groups is 2. The first-order chi connectivity index (χ1) is 15.3. The number of hydrogen-bond donors (Lipinski definition) is 1. The number of aliphatic hydroxyl groups excluding tert-OH is 1. The van der Waals surface area contributed by atoms with E-state index >= 15 is 0 Å². The van der Waals surface area contributed by atoms with Gasteiger partial charge in [0.05, 0.1) is 17.2 Å². The summed E-state index contributed by atoms with van der Waals surface area (Å²) in [5.74, 6) is -0.159. The molecule has 33 heavy (non-hydrogen) atoms. The summed E-state index contributed by atoms with van der Waals surface area (Å²) in [5.41, 5.74) is 0.476. The van der Waals surface area contributed by atoms with Crippen LogP contribution < -0.4 is 0 Å². The Labute approximate surface area is 203 Å². The van der Waals surface area contributed by atoms with Gasteiger partial charge in [-0.2, -0.15) is 0 Å². The van der Waals surface area contributed by atoms with Crippen molar-refractivity contribution in [3.8, 4) is 0 Å². The Morgan fingerprint density at radius 3 is 2.52 bits per heavy atom. The van der Waals surface area contributed by atoms with Crippen molar-refractivity contribution in [2.75, 3.05) is 13.1 Å². The summed E-state index contributed by atoms with van der Waals surface area (Å²) in [6.45, 7) is 17.6. The van der Waals surface area contributed by atoms with Gasteiger partial charge in [-0.05, 0) is 71.1 Å². The fourth-order valence-corrected chi connectivity index (χ4v) is 7.29. The van der Waals surface area contributed by atoms with E-state index in [2.05, 4.69) is 13.8 Å². The van der Waals surface area contributed by atoms with Crippen molar-refractivity contribution >= 4 is 23.2 Å². The van der Waals surface area contributed by atoms with Crippen LogP contribution in [0, 0.1) is 28.6 Å². The van der Waals surface area contributed by atoms with Crippen LogP contribution in [0.3, 0.4) is 0 Å². The quantitative estimate of drug-likeness (QED) is 0.595. The highest BCUT2D eigenvalue weighted by Gasteiger charge is 2.54. The van der Waals surface area contributed by atoms with Crippen molar-refractivity contribution in [3.05, 3.63) is 15.6 Å². The molecule has 186 valence electrons. The molecule has 0 saturated heterocycles. The third kappa shape index (κ3) is 5.00. The summed E-state index contributed by atoms with van der Waals surface area (Å²) >= 11 is 1.64. The summed E-state index contributed by atoms with van der Waals surface area (Å²) in [6.07, 6.45) is 2.19. The smallest absolute Gasteiger partial charge is 0.311 e. The molecule has 1 amide bonds. The van der Waals surface area contributed by atoms with Crippen LogP contribution in [0.4, 0.5) is 0 Å². The van der Waals surface area contributed by atoms with Crippen molar-refractivity contribution in [3.63, 3.8) is 0 Å². The molecule has 7 heteroatoms. The Morgan fingerprint density at radius 2 is 1.94 bits per heavy atom. The highest BCUT2D eigenvalue weighted by molar-refractivity contribution is 7.11. The number of rotatable bonds is 6. The van der Waals surface area contributed by atoms with E-state index in [9.17, 15) is 14.7 Å². The van der Waals surface area contributed by atoms with Gasteiger partial charge < -0.3 is 14.7 Å². The second kappa shape index (κ2) is 9.65. The zero-order chi connectivity index (χ0) is 24.7. The van der Waals surface area contributed by atoms with Gasteiger partial charge in [-0.1, -0.05) is 20.8 Å².